The second-order valence-corrected chi connectivity index (χ2v) is 21.4. The molecule has 0 fully saturated rings. The van der Waals surface area contributed by atoms with Crippen molar-refractivity contribution < 1.29 is 19.2 Å². The molecule has 0 aliphatic carbocycles. The second-order valence-electron chi connectivity index (χ2n) is 21.4. The third-order valence-electron chi connectivity index (χ3n) is 8.32. The summed E-state index contributed by atoms with van der Waals surface area (Å²) in [6.45, 7) is 42.5. The Kier molecular flexibility index (Phi) is 22.9. The lowest BCUT2D eigenvalue weighted by atomic mass is 10.0. The van der Waals surface area contributed by atoms with E-state index < -0.39 is 0 Å². The van der Waals surface area contributed by atoms with Crippen molar-refractivity contribution in [3.8, 4) is 0 Å². The van der Waals surface area contributed by atoms with E-state index in [0.29, 0.717) is 71.5 Å². The van der Waals surface area contributed by atoms with Crippen molar-refractivity contribution in [1.82, 2.24) is 56.7 Å². The van der Waals surface area contributed by atoms with Gasteiger partial charge in [-0.2, -0.15) is 0 Å². The molecule has 0 saturated heterocycles. The fraction of sp³-hybridized carbons (Fsp3) is 0.860. The molecular weight excluding hydrogens is 735 g/mol. The van der Waals surface area contributed by atoms with Crippen LogP contribution in [0.4, 0.5) is 0 Å². The monoisotopic (exact) mass is 822 g/mol. The summed E-state index contributed by atoms with van der Waals surface area (Å²) in [5.74, 6) is 0.0975. The number of nitrogens with one attached hydrogen (secondary N) is 6. The largest absolute Gasteiger partial charge is 0.355 e. The molecule has 0 atom stereocenters. The molecule has 0 bridgehead atoms. The van der Waals surface area contributed by atoms with Crippen LogP contribution in [-0.4, -0.2) is 128 Å². The number of nitrogens with zero attached hydrogens (tertiary/aromatic N) is 5. The van der Waals surface area contributed by atoms with Gasteiger partial charge in [0.25, 0.3) is 0 Å². The Morgan fingerprint density at radius 2 is 0.914 bits per heavy atom. The number of rotatable bonds is 20. The van der Waals surface area contributed by atoms with Gasteiger partial charge in [-0.1, -0.05) is 5.21 Å². The minimum absolute atomic E-state index is 0.00163. The smallest absolute Gasteiger partial charge is 0.221 e. The van der Waals surface area contributed by atoms with Gasteiger partial charge in [-0.15, -0.1) is 5.10 Å². The van der Waals surface area contributed by atoms with Gasteiger partial charge >= 0.3 is 0 Å². The second kappa shape index (κ2) is 24.2. The van der Waals surface area contributed by atoms with Crippen LogP contribution < -0.4 is 31.9 Å². The summed E-state index contributed by atoms with van der Waals surface area (Å²) < 4.78 is 1.84. The highest BCUT2D eigenvalue weighted by molar-refractivity contribution is 5.78. The zero-order chi connectivity index (χ0) is 45.2. The molecule has 1 aromatic rings. The zero-order valence-corrected chi connectivity index (χ0v) is 40.1. The van der Waals surface area contributed by atoms with Gasteiger partial charge in [-0.05, 0) is 125 Å². The molecule has 0 spiro atoms. The molecule has 0 aliphatic heterocycles. The zero-order valence-electron chi connectivity index (χ0n) is 40.1. The lowest BCUT2D eigenvalue weighted by Gasteiger charge is -2.36. The van der Waals surface area contributed by atoms with E-state index in [2.05, 4.69) is 135 Å². The molecule has 0 radical (unpaired) electrons. The Hall–Kier alpha value is -3.14. The van der Waals surface area contributed by atoms with Crippen molar-refractivity contribution in [3.05, 3.63) is 11.9 Å². The van der Waals surface area contributed by atoms with Crippen LogP contribution in [-0.2, 0) is 31.3 Å². The van der Waals surface area contributed by atoms with Crippen LogP contribution in [0.15, 0.2) is 6.20 Å². The standard InChI is InChI=1S/C25H50N8O2.C18H37N3O2/c1-23(2,3)28-14-12-26-21(34)10-16-32(18-20-19-33(31-30-20)25(7,8)9)17-11-22(35)27-13-15-29-24(4,5)6;1-16(2,3)19-14(22)10-12-21(18(7,8)9)13-11-15(23)20-17(4,5)6/h19,28-29H,10-18H2,1-9H3,(H,26,34)(H,27,35);10-13H2,1-9H3,(H,19,22)(H,20,23). The maximum Gasteiger partial charge on any atom is 0.221 e. The Bertz CT molecular complexity index is 1300. The van der Waals surface area contributed by atoms with Crippen molar-refractivity contribution in [3.63, 3.8) is 0 Å². The van der Waals surface area contributed by atoms with Gasteiger partial charge in [-0.3, -0.25) is 29.0 Å². The molecule has 1 rings (SSSR count). The average molecular weight is 822 g/mol. The topological polar surface area (TPSA) is 178 Å². The van der Waals surface area contributed by atoms with E-state index in [1.54, 1.807) is 0 Å². The highest BCUT2D eigenvalue weighted by Crippen LogP contribution is 2.15. The molecule has 4 amide bonds. The van der Waals surface area contributed by atoms with Crippen molar-refractivity contribution in [2.45, 2.75) is 190 Å². The lowest BCUT2D eigenvalue weighted by molar-refractivity contribution is -0.124. The normalized spacial score (nSPS) is 12.9. The van der Waals surface area contributed by atoms with Crippen LogP contribution in [0.3, 0.4) is 0 Å². The average Bonchev–Trinajstić information content (AvgIpc) is 3.49. The van der Waals surface area contributed by atoms with Crippen LogP contribution in [0.25, 0.3) is 0 Å². The fourth-order valence-electron chi connectivity index (χ4n) is 5.39. The summed E-state index contributed by atoms with van der Waals surface area (Å²) in [6.07, 6.45) is 3.54. The Morgan fingerprint density at radius 1 is 0.534 bits per heavy atom. The first kappa shape index (κ1) is 54.9. The SMILES string of the molecule is CC(C)(C)NC(=O)CCN(CCC(=O)NC(C)(C)C)C(C)(C)C.CC(C)(C)NCCNC(=O)CCN(CCC(=O)NCCNC(C)(C)C)Cc1cn(C(C)(C)C)nn1. The molecular formula is C43H87N11O4. The third-order valence-corrected chi connectivity index (χ3v) is 8.32. The van der Waals surface area contributed by atoms with E-state index in [4.69, 9.17) is 0 Å². The van der Waals surface area contributed by atoms with Crippen molar-refractivity contribution in [2.75, 3.05) is 52.4 Å². The van der Waals surface area contributed by atoms with E-state index >= 15 is 0 Å². The molecule has 0 aromatic carbocycles. The van der Waals surface area contributed by atoms with Crippen LogP contribution in [0.2, 0.25) is 0 Å². The number of hydrogen-bond acceptors (Lipinski definition) is 10. The minimum atomic E-state index is -0.212. The number of carbonyl (C=O) groups excluding carboxylic acids is 4. The summed E-state index contributed by atoms with van der Waals surface area (Å²) in [5, 5.41) is 27.1. The molecule has 0 saturated carbocycles. The highest BCUT2D eigenvalue weighted by Gasteiger charge is 2.24. The summed E-state index contributed by atoms with van der Waals surface area (Å²) in [6, 6.07) is 0. The van der Waals surface area contributed by atoms with E-state index in [9.17, 15) is 19.2 Å². The van der Waals surface area contributed by atoms with Gasteiger partial charge in [-0.25, -0.2) is 4.68 Å². The van der Waals surface area contributed by atoms with E-state index in [-0.39, 0.29) is 56.9 Å². The summed E-state index contributed by atoms with van der Waals surface area (Å²) >= 11 is 0. The maximum atomic E-state index is 12.4. The van der Waals surface area contributed by atoms with Gasteiger partial charge in [0.15, 0.2) is 0 Å². The Balaban J connectivity index is 0.00000123. The minimum Gasteiger partial charge on any atom is -0.355 e. The van der Waals surface area contributed by atoms with Gasteiger partial charge in [0.1, 0.15) is 0 Å². The Morgan fingerprint density at radius 3 is 1.22 bits per heavy atom. The number of hydrogen-bond donors (Lipinski definition) is 6. The molecule has 1 aromatic heterocycles. The van der Waals surface area contributed by atoms with Gasteiger partial charge in [0, 0.05) is 112 Å². The summed E-state index contributed by atoms with van der Waals surface area (Å²) in [4.78, 5) is 53.0. The molecule has 338 valence electrons. The molecule has 0 unspecified atom stereocenters. The lowest BCUT2D eigenvalue weighted by Crippen LogP contribution is -2.47. The molecule has 15 nitrogen and oxygen atoms in total. The van der Waals surface area contributed by atoms with Crippen LogP contribution in [0.1, 0.15) is 156 Å². The molecule has 1 heterocycles. The van der Waals surface area contributed by atoms with E-state index in [0.717, 1.165) is 18.8 Å². The van der Waals surface area contributed by atoms with Crippen molar-refractivity contribution in [2.24, 2.45) is 0 Å². The van der Waals surface area contributed by atoms with Crippen molar-refractivity contribution in [1.29, 1.82) is 0 Å². The molecule has 15 heteroatoms. The predicted molar refractivity (Wildman–Crippen MR) is 237 cm³/mol. The first-order chi connectivity index (χ1) is 26.1. The van der Waals surface area contributed by atoms with Crippen LogP contribution >= 0.6 is 0 Å². The summed E-state index contributed by atoms with van der Waals surface area (Å²) in [7, 11) is 0. The Labute approximate surface area is 353 Å². The fourth-order valence-corrected chi connectivity index (χ4v) is 5.39. The first-order valence-electron chi connectivity index (χ1n) is 21.2. The summed E-state index contributed by atoms with van der Waals surface area (Å²) in [5.41, 5.74) is 0.212. The highest BCUT2D eigenvalue weighted by atomic mass is 16.2. The number of amides is 4. The van der Waals surface area contributed by atoms with Crippen LogP contribution in [0.5, 0.6) is 0 Å². The predicted octanol–water partition coefficient (Wildman–Crippen LogP) is 4.32. The van der Waals surface area contributed by atoms with Crippen molar-refractivity contribution >= 4 is 23.6 Å². The van der Waals surface area contributed by atoms with Gasteiger partial charge in [0.2, 0.25) is 23.6 Å². The van der Waals surface area contributed by atoms with Gasteiger partial charge in [0.05, 0.1) is 17.4 Å². The molecule has 6 N–H and O–H groups in total. The van der Waals surface area contributed by atoms with Gasteiger partial charge < -0.3 is 31.9 Å². The maximum absolute atomic E-state index is 12.4. The number of carbonyl (C=O) groups is 4. The first-order valence-corrected chi connectivity index (χ1v) is 21.2. The third kappa shape index (κ3) is 30.9. The van der Waals surface area contributed by atoms with E-state index in [1.807, 2.05) is 52.4 Å². The molecule has 58 heavy (non-hydrogen) atoms. The van der Waals surface area contributed by atoms with E-state index in [1.165, 1.54) is 0 Å². The number of aromatic nitrogens is 3. The molecule has 0 aliphatic rings. The quantitative estimate of drug-likeness (QED) is 0.104. The van der Waals surface area contributed by atoms with Crippen LogP contribution in [0, 0.1) is 0 Å².